The second kappa shape index (κ2) is 7.39. The van der Waals surface area contributed by atoms with E-state index in [1.165, 1.54) is 0 Å². The van der Waals surface area contributed by atoms with Crippen molar-refractivity contribution in [2.24, 2.45) is 0 Å². The zero-order valence-corrected chi connectivity index (χ0v) is 14.9. The summed E-state index contributed by atoms with van der Waals surface area (Å²) in [6.45, 7) is 8.24. The van der Waals surface area contributed by atoms with Gasteiger partial charge in [-0.15, -0.1) is 0 Å². The van der Waals surface area contributed by atoms with Gasteiger partial charge in [0.25, 0.3) is 0 Å². The second-order valence-corrected chi connectivity index (χ2v) is 6.69. The molecule has 0 aromatic heterocycles. The van der Waals surface area contributed by atoms with Gasteiger partial charge >= 0.3 is 5.97 Å². The van der Waals surface area contributed by atoms with Crippen LogP contribution >= 0.6 is 0 Å². The first kappa shape index (κ1) is 17.9. The fourth-order valence-corrected chi connectivity index (χ4v) is 2.30. The van der Waals surface area contributed by atoms with Crippen molar-refractivity contribution in [1.82, 2.24) is 0 Å². The summed E-state index contributed by atoms with van der Waals surface area (Å²) in [6.07, 6.45) is 0. The van der Waals surface area contributed by atoms with Gasteiger partial charge in [0.2, 0.25) is 0 Å². The lowest BCUT2D eigenvalue weighted by atomic mass is 9.85. The molecule has 0 aliphatic carbocycles. The molecule has 4 heteroatoms. The highest BCUT2D eigenvalue weighted by Crippen LogP contribution is 2.32. The second-order valence-electron chi connectivity index (χ2n) is 6.69. The van der Waals surface area contributed by atoms with Crippen molar-refractivity contribution in [2.45, 2.75) is 33.1 Å². The molecule has 0 saturated heterocycles. The Balaban J connectivity index is 2.01. The molecule has 0 atom stereocenters. The number of methoxy groups -OCH3 is 1. The highest BCUT2D eigenvalue weighted by Gasteiger charge is 2.20. The van der Waals surface area contributed by atoms with Crippen molar-refractivity contribution < 1.29 is 19.0 Å². The summed E-state index contributed by atoms with van der Waals surface area (Å²) in [6, 6.07) is 12.8. The Bertz CT molecular complexity index is 697. The van der Waals surface area contributed by atoms with E-state index < -0.39 is 5.97 Å². The molecule has 0 bridgehead atoms. The minimum absolute atomic E-state index is 0.0682. The van der Waals surface area contributed by atoms with Gasteiger partial charge in [-0.3, -0.25) is 0 Å². The molecule has 0 aliphatic heterocycles. The molecule has 0 fully saturated rings. The van der Waals surface area contributed by atoms with Crippen LogP contribution in [0.4, 0.5) is 0 Å². The Labute approximate surface area is 143 Å². The van der Waals surface area contributed by atoms with Crippen LogP contribution in [0.25, 0.3) is 0 Å². The number of carbonyl (C=O) groups is 1. The Kier molecular flexibility index (Phi) is 5.50. The number of rotatable bonds is 5. The molecule has 0 heterocycles. The van der Waals surface area contributed by atoms with Crippen molar-refractivity contribution in [2.75, 3.05) is 13.7 Å². The molecule has 0 saturated carbocycles. The van der Waals surface area contributed by atoms with Crippen LogP contribution in [0.2, 0.25) is 0 Å². The molecule has 24 heavy (non-hydrogen) atoms. The SMILES string of the molecule is COc1ccc(OC(=O)COc2ccc(C)cc2C(C)(C)C)cc1. The highest BCUT2D eigenvalue weighted by atomic mass is 16.6. The van der Waals surface area contributed by atoms with Crippen molar-refractivity contribution in [3.63, 3.8) is 0 Å². The molecule has 0 N–H and O–H groups in total. The van der Waals surface area contributed by atoms with E-state index in [4.69, 9.17) is 14.2 Å². The van der Waals surface area contributed by atoms with Gasteiger partial charge in [-0.1, -0.05) is 38.5 Å². The largest absolute Gasteiger partial charge is 0.497 e. The van der Waals surface area contributed by atoms with Crippen LogP contribution in [0.5, 0.6) is 17.2 Å². The normalized spacial score (nSPS) is 11.0. The quantitative estimate of drug-likeness (QED) is 0.607. The molecule has 0 radical (unpaired) electrons. The number of esters is 1. The van der Waals surface area contributed by atoms with Gasteiger partial charge in [-0.05, 0) is 48.2 Å². The molecule has 2 aromatic carbocycles. The van der Waals surface area contributed by atoms with E-state index in [9.17, 15) is 4.79 Å². The lowest BCUT2D eigenvalue weighted by Gasteiger charge is -2.23. The Morgan fingerprint density at radius 2 is 1.62 bits per heavy atom. The van der Waals surface area contributed by atoms with Crippen molar-refractivity contribution in [1.29, 1.82) is 0 Å². The average Bonchev–Trinajstić information content (AvgIpc) is 2.53. The van der Waals surface area contributed by atoms with Crippen LogP contribution < -0.4 is 14.2 Å². The number of hydrogen-bond acceptors (Lipinski definition) is 4. The fourth-order valence-electron chi connectivity index (χ4n) is 2.30. The third-order valence-electron chi connectivity index (χ3n) is 3.58. The maximum Gasteiger partial charge on any atom is 0.349 e. The van der Waals surface area contributed by atoms with E-state index in [-0.39, 0.29) is 12.0 Å². The average molecular weight is 328 g/mol. The minimum Gasteiger partial charge on any atom is -0.497 e. The number of carbonyl (C=O) groups excluding carboxylic acids is 1. The topological polar surface area (TPSA) is 44.8 Å². The first-order chi connectivity index (χ1) is 11.3. The van der Waals surface area contributed by atoms with Crippen LogP contribution in [0, 0.1) is 6.92 Å². The Morgan fingerprint density at radius 1 is 1.00 bits per heavy atom. The summed E-state index contributed by atoms with van der Waals surface area (Å²) >= 11 is 0. The van der Waals surface area contributed by atoms with Gasteiger partial charge in [-0.2, -0.15) is 0 Å². The fraction of sp³-hybridized carbons (Fsp3) is 0.350. The number of hydrogen-bond donors (Lipinski definition) is 0. The highest BCUT2D eigenvalue weighted by molar-refractivity contribution is 5.74. The van der Waals surface area contributed by atoms with Gasteiger partial charge < -0.3 is 14.2 Å². The van der Waals surface area contributed by atoms with E-state index in [0.29, 0.717) is 17.2 Å². The summed E-state index contributed by atoms with van der Waals surface area (Å²) in [5.41, 5.74) is 2.16. The van der Waals surface area contributed by atoms with Gasteiger partial charge in [0.1, 0.15) is 17.2 Å². The van der Waals surface area contributed by atoms with Crippen LogP contribution in [-0.2, 0) is 10.2 Å². The molecule has 4 nitrogen and oxygen atoms in total. The van der Waals surface area contributed by atoms with Crippen LogP contribution in [0.3, 0.4) is 0 Å². The summed E-state index contributed by atoms with van der Waals surface area (Å²) in [5, 5.41) is 0. The standard InChI is InChI=1S/C20H24O4/c1-14-6-11-18(17(12-14)20(2,3)4)23-13-19(21)24-16-9-7-15(22-5)8-10-16/h6-12H,13H2,1-5H3. The van der Waals surface area contributed by atoms with E-state index in [1.807, 2.05) is 19.1 Å². The third kappa shape index (κ3) is 4.75. The summed E-state index contributed by atoms with van der Waals surface area (Å²) in [5.74, 6) is 1.44. The van der Waals surface area contributed by atoms with Gasteiger partial charge in [-0.25, -0.2) is 4.79 Å². The van der Waals surface area contributed by atoms with E-state index in [2.05, 4.69) is 26.8 Å². The molecule has 2 rings (SSSR count). The Hall–Kier alpha value is -2.49. The summed E-state index contributed by atoms with van der Waals surface area (Å²) < 4.78 is 16.0. The summed E-state index contributed by atoms with van der Waals surface area (Å²) in [7, 11) is 1.59. The number of aryl methyl sites for hydroxylation is 1. The first-order valence-corrected chi connectivity index (χ1v) is 7.88. The predicted molar refractivity (Wildman–Crippen MR) is 94.0 cm³/mol. The zero-order chi connectivity index (χ0) is 17.7. The first-order valence-electron chi connectivity index (χ1n) is 7.88. The van der Waals surface area contributed by atoms with Crippen molar-refractivity contribution in [3.05, 3.63) is 53.6 Å². The lowest BCUT2D eigenvalue weighted by Crippen LogP contribution is -2.20. The third-order valence-corrected chi connectivity index (χ3v) is 3.58. The van der Waals surface area contributed by atoms with Crippen LogP contribution in [0.15, 0.2) is 42.5 Å². The summed E-state index contributed by atoms with van der Waals surface area (Å²) in [4.78, 5) is 12.0. The molecular weight excluding hydrogens is 304 g/mol. The van der Waals surface area contributed by atoms with Gasteiger partial charge in [0, 0.05) is 0 Å². The zero-order valence-electron chi connectivity index (χ0n) is 14.9. The number of ether oxygens (including phenoxy) is 3. The molecular formula is C20H24O4. The van der Waals surface area contributed by atoms with Crippen LogP contribution in [0.1, 0.15) is 31.9 Å². The van der Waals surface area contributed by atoms with Crippen molar-refractivity contribution >= 4 is 5.97 Å². The van der Waals surface area contributed by atoms with Gasteiger partial charge in [0.05, 0.1) is 7.11 Å². The molecule has 0 aliphatic rings. The van der Waals surface area contributed by atoms with E-state index >= 15 is 0 Å². The van der Waals surface area contributed by atoms with Gasteiger partial charge in [0.15, 0.2) is 6.61 Å². The Morgan fingerprint density at radius 3 is 2.21 bits per heavy atom. The van der Waals surface area contributed by atoms with E-state index in [1.54, 1.807) is 31.4 Å². The molecule has 2 aromatic rings. The molecule has 0 amide bonds. The van der Waals surface area contributed by atoms with Crippen molar-refractivity contribution in [3.8, 4) is 17.2 Å². The smallest absolute Gasteiger partial charge is 0.349 e. The maximum atomic E-state index is 12.0. The lowest BCUT2D eigenvalue weighted by molar-refractivity contribution is -0.136. The molecule has 0 spiro atoms. The maximum absolute atomic E-state index is 12.0. The molecule has 128 valence electrons. The number of benzene rings is 2. The van der Waals surface area contributed by atoms with E-state index in [0.717, 1.165) is 11.1 Å². The minimum atomic E-state index is -0.444. The molecule has 0 unspecified atom stereocenters. The predicted octanol–water partition coefficient (Wildman–Crippen LogP) is 4.29. The monoisotopic (exact) mass is 328 g/mol. The van der Waals surface area contributed by atoms with Crippen LogP contribution in [-0.4, -0.2) is 19.7 Å².